The van der Waals surface area contributed by atoms with Crippen LogP contribution in [0.4, 0.5) is 5.69 Å². The van der Waals surface area contributed by atoms with Crippen molar-refractivity contribution in [1.29, 1.82) is 0 Å². The molecule has 3 aromatic rings. The van der Waals surface area contributed by atoms with Crippen molar-refractivity contribution in [2.24, 2.45) is 0 Å². The molecule has 2 aromatic carbocycles. The third kappa shape index (κ3) is 3.11. The number of rotatable bonds is 4. The second-order valence-electron chi connectivity index (χ2n) is 5.01. The highest BCUT2D eigenvalue weighted by Crippen LogP contribution is 2.20. The highest BCUT2D eigenvalue weighted by Gasteiger charge is 2.09. The molecular weight excluding hydrogens is 262 g/mol. The minimum atomic E-state index is 0.555. The van der Waals surface area contributed by atoms with Crippen LogP contribution in [-0.2, 0) is 6.42 Å². The normalized spacial score (nSPS) is 10.6. The SMILES string of the molecule is CNc1ccc(-c2nc(Cc3ccc(C)cc3)no2)cc1. The second-order valence-corrected chi connectivity index (χ2v) is 5.01. The summed E-state index contributed by atoms with van der Waals surface area (Å²) in [5.74, 6) is 1.26. The molecule has 4 nitrogen and oxygen atoms in total. The van der Waals surface area contributed by atoms with Gasteiger partial charge in [-0.2, -0.15) is 4.98 Å². The van der Waals surface area contributed by atoms with Gasteiger partial charge in [0.1, 0.15) is 0 Å². The molecule has 0 radical (unpaired) electrons. The molecule has 0 aliphatic heterocycles. The van der Waals surface area contributed by atoms with Gasteiger partial charge in [0.25, 0.3) is 5.89 Å². The maximum atomic E-state index is 5.34. The lowest BCUT2D eigenvalue weighted by molar-refractivity contribution is 0.424. The predicted molar refractivity (Wildman–Crippen MR) is 83.3 cm³/mol. The number of anilines is 1. The fourth-order valence-corrected chi connectivity index (χ4v) is 2.11. The van der Waals surface area contributed by atoms with Crippen LogP contribution in [0.25, 0.3) is 11.5 Å². The van der Waals surface area contributed by atoms with Crippen LogP contribution in [0.5, 0.6) is 0 Å². The van der Waals surface area contributed by atoms with Crippen LogP contribution < -0.4 is 5.32 Å². The third-order valence-corrected chi connectivity index (χ3v) is 3.37. The monoisotopic (exact) mass is 279 g/mol. The summed E-state index contributed by atoms with van der Waals surface area (Å²) in [4.78, 5) is 4.46. The smallest absolute Gasteiger partial charge is 0.257 e. The van der Waals surface area contributed by atoms with Crippen molar-refractivity contribution in [3.63, 3.8) is 0 Å². The van der Waals surface area contributed by atoms with Gasteiger partial charge in [0.15, 0.2) is 5.82 Å². The van der Waals surface area contributed by atoms with Gasteiger partial charge in [0.2, 0.25) is 0 Å². The van der Waals surface area contributed by atoms with Crippen molar-refractivity contribution < 1.29 is 4.52 Å². The van der Waals surface area contributed by atoms with Crippen LogP contribution >= 0.6 is 0 Å². The van der Waals surface area contributed by atoms with Gasteiger partial charge in [-0.25, -0.2) is 0 Å². The van der Waals surface area contributed by atoms with Crippen molar-refractivity contribution in [3.05, 3.63) is 65.5 Å². The molecule has 1 aromatic heterocycles. The van der Waals surface area contributed by atoms with Gasteiger partial charge in [-0.05, 0) is 36.8 Å². The Morgan fingerprint density at radius 2 is 1.71 bits per heavy atom. The number of hydrogen-bond donors (Lipinski definition) is 1. The van der Waals surface area contributed by atoms with Gasteiger partial charge in [0.05, 0.1) is 0 Å². The molecular formula is C17H17N3O. The summed E-state index contributed by atoms with van der Waals surface area (Å²) in [7, 11) is 1.89. The molecule has 3 rings (SSSR count). The molecule has 1 N–H and O–H groups in total. The van der Waals surface area contributed by atoms with Crippen LogP contribution in [0.15, 0.2) is 53.1 Å². The zero-order valence-electron chi connectivity index (χ0n) is 12.1. The van der Waals surface area contributed by atoms with E-state index in [0.717, 1.165) is 11.3 Å². The van der Waals surface area contributed by atoms with Crippen molar-refractivity contribution in [2.75, 3.05) is 12.4 Å². The summed E-state index contributed by atoms with van der Waals surface area (Å²) < 4.78 is 5.34. The fraction of sp³-hybridized carbons (Fsp3) is 0.176. The molecule has 4 heteroatoms. The van der Waals surface area contributed by atoms with Crippen LogP contribution in [0.3, 0.4) is 0 Å². The van der Waals surface area contributed by atoms with Crippen LogP contribution in [0.2, 0.25) is 0 Å². The van der Waals surface area contributed by atoms with E-state index in [9.17, 15) is 0 Å². The first-order valence-corrected chi connectivity index (χ1v) is 6.91. The van der Waals surface area contributed by atoms with E-state index in [2.05, 4.69) is 46.6 Å². The average Bonchev–Trinajstić information content (AvgIpc) is 2.98. The van der Waals surface area contributed by atoms with Crippen molar-refractivity contribution in [3.8, 4) is 11.5 Å². The summed E-state index contributed by atoms with van der Waals surface area (Å²) in [6, 6.07) is 16.3. The molecule has 0 aliphatic rings. The number of aryl methyl sites for hydroxylation is 1. The van der Waals surface area contributed by atoms with E-state index >= 15 is 0 Å². The molecule has 1 heterocycles. The predicted octanol–water partition coefficient (Wildman–Crippen LogP) is 3.68. The van der Waals surface area contributed by atoms with Crippen LogP contribution in [0, 0.1) is 6.92 Å². The minimum Gasteiger partial charge on any atom is -0.388 e. The first-order valence-electron chi connectivity index (χ1n) is 6.91. The number of hydrogen-bond acceptors (Lipinski definition) is 4. The zero-order chi connectivity index (χ0) is 14.7. The topological polar surface area (TPSA) is 51.0 Å². The molecule has 0 bridgehead atoms. The molecule has 0 saturated heterocycles. The Morgan fingerprint density at radius 1 is 1.00 bits per heavy atom. The quantitative estimate of drug-likeness (QED) is 0.791. The molecule has 0 atom stereocenters. The Labute approximate surface area is 123 Å². The summed E-state index contributed by atoms with van der Waals surface area (Å²) in [5, 5.41) is 7.13. The molecule has 106 valence electrons. The average molecular weight is 279 g/mol. The third-order valence-electron chi connectivity index (χ3n) is 3.37. The Hall–Kier alpha value is -2.62. The Morgan fingerprint density at radius 3 is 2.38 bits per heavy atom. The van der Waals surface area contributed by atoms with Crippen molar-refractivity contribution in [1.82, 2.24) is 10.1 Å². The summed E-state index contributed by atoms with van der Waals surface area (Å²) in [6.07, 6.45) is 0.679. The Kier molecular flexibility index (Phi) is 3.69. The van der Waals surface area contributed by atoms with Crippen LogP contribution in [0.1, 0.15) is 17.0 Å². The molecule has 0 amide bonds. The van der Waals surface area contributed by atoms with Crippen LogP contribution in [-0.4, -0.2) is 17.2 Å². The molecule has 0 aliphatic carbocycles. The van der Waals surface area contributed by atoms with Gasteiger partial charge in [-0.3, -0.25) is 0 Å². The first-order chi connectivity index (χ1) is 10.2. The Bertz CT molecular complexity index is 715. The van der Waals surface area contributed by atoms with E-state index in [1.807, 2.05) is 31.3 Å². The standard InChI is InChI=1S/C17H17N3O/c1-12-3-5-13(6-4-12)11-16-19-17(21-20-16)14-7-9-15(18-2)10-8-14/h3-10,18H,11H2,1-2H3. The lowest BCUT2D eigenvalue weighted by Crippen LogP contribution is -1.91. The molecule has 0 unspecified atom stereocenters. The van der Waals surface area contributed by atoms with Gasteiger partial charge >= 0.3 is 0 Å². The van der Waals surface area contributed by atoms with E-state index < -0.39 is 0 Å². The lowest BCUT2D eigenvalue weighted by Gasteiger charge is -1.99. The van der Waals surface area contributed by atoms with Gasteiger partial charge in [-0.15, -0.1) is 0 Å². The van der Waals surface area contributed by atoms with Gasteiger partial charge in [0, 0.05) is 24.7 Å². The van der Waals surface area contributed by atoms with Gasteiger partial charge in [-0.1, -0.05) is 35.0 Å². The molecule has 0 fully saturated rings. The highest BCUT2D eigenvalue weighted by molar-refractivity contribution is 5.58. The molecule has 0 spiro atoms. The number of nitrogens with zero attached hydrogens (tertiary/aromatic N) is 2. The molecule has 21 heavy (non-hydrogen) atoms. The van der Waals surface area contributed by atoms with Crippen molar-refractivity contribution >= 4 is 5.69 Å². The summed E-state index contributed by atoms with van der Waals surface area (Å²) >= 11 is 0. The highest BCUT2D eigenvalue weighted by atomic mass is 16.5. The van der Waals surface area contributed by atoms with E-state index in [0.29, 0.717) is 18.1 Å². The maximum Gasteiger partial charge on any atom is 0.257 e. The van der Waals surface area contributed by atoms with Gasteiger partial charge < -0.3 is 9.84 Å². The molecule has 0 saturated carbocycles. The second kappa shape index (κ2) is 5.79. The van der Waals surface area contributed by atoms with E-state index in [4.69, 9.17) is 4.52 Å². The minimum absolute atomic E-state index is 0.555. The van der Waals surface area contributed by atoms with E-state index in [1.165, 1.54) is 11.1 Å². The number of aromatic nitrogens is 2. The van der Waals surface area contributed by atoms with E-state index in [1.54, 1.807) is 0 Å². The Balaban J connectivity index is 1.77. The number of benzene rings is 2. The maximum absolute atomic E-state index is 5.34. The zero-order valence-corrected chi connectivity index (χ0v) is 12.1. The number of nitrogens with one attached hydrogen (secondary N) is 1. The summed E-state index contributed by atoms with van der Waals surface area (Å²) in [6.45, 7) is 2.07. The largest absolute Gasteiger partial charge is 0.388 e. The van der Waals surface area contributed by atoms with E-state index in [-0.39, 0.29) is 0 Å². The summed E-state index contributed by atoms with van der Waals surface area (Å²) in [5.41, 5.74) is 4.41. The first kappa shape index (κ1) is 13.4. The fourth-order valence-electron chi connectivity index (χ4n) is 2.11. The van der Waals surface area contributed by atoms with Crippen molar-refractivity contribution in [2.45, 2.75) is 13.3 Å². The lowest BCUT2D eigenvalue weighted by atomic mass is 10.1.